The maximum atomic E-state index is 5.47. The van der Waals surface area contributed by atoms with Gasteiger partial charge in [0.05, 0.1) is 13.3 Å². The summed E-state index contributed by atoms with van der Waals surface area (Å²) < 4.78 is 10.6. The average molecular weight is 265 g/mol. The zero-order valence-electron chi connectivity index (χ0n) is 10.1. The summed E-state index contributed by atoms with van der Waals surface area (Å²) in [5.74, 6) is 1.27. The number of nitrogens with two attached hydrogens (primary N) is 1. The van der Waals surface area contributed by atoms with Crippen LogP contribution in [0.1, 0.15) is 5.56 Å². The molecular formula is C12H15N3O2S. The van der Waals surface area contributed by atoms with Gasteiger partial charge >= 0.3 is 0 Å². The van der Waals surface area contributed by atoms with E-state index < -0.39 is 0 Å². The van der Waals surface area contributed by atoms with Crippen LogP contribution in [0.25, 0.3) is 0 Å². The van der Waals surface area contributed by atoms with E-state index in [1.807, 2.05) is 6.07 Å². The van der Waals surface area contributed by atoms with Crippen LogP contribution in [0.4, 0.5) is 0 Å². The molecule has 1 aromatic rings. The molecule has 0 radical (unpaired) electrons. The minimum absolute atomic E-state index is 0.114. The van der Waals surface area contributed by atoms with Crippen LogP contribution in [0.15, 0.2) is 36.0 Å². The summed E-state index contributed by atoms with van der Waals surface area (Å²) in [6, 6.07) is 5.43. The fourth-order valence-electron chi connectivity index (χ4n) is 1.21. The number of thiocarbonyl (C=S) groups is 1. The van der Waals surface area contributed by atoms with Crippen LogP contribution < -0.4 is 20.6 Å². The Bertz CT molecular complexity index is 461. The van der Waals surface area contributed by atoms with Crippen LogP contribution >= 0.6 is 12.2 Å². The van der Waals surface area contributed by atoms with Crippen molar-refractivity contribution in [1.82, 2.24) is 5.43 Å². The van der Waals surface area contributed by atoms with Crippen molar-refractivity contribution in [2.45, 2.75) is 0 Å². The SMILES string of the molecule is C=CCOc1cc(C=NNC(N)=S)ccc1OC. The molecule has 0 atom stereocenters. The highest BCUT2D eigenvalue weighted by molar-refractivity contribution is 7.80. The van der Waals surface area contributed by atoms with Crippen molar-refractivity contribution in [3.63, 3.8) is 0 Å². The van der Waals surface area contributed by atoms with Gasteiger partial charge < -0.3 is 15.2 Å². The molecule has 0 spiro atoms. The van der Waals surface area contributed by atoms with Gasteiger partial charge in [-0.15, -0.1) is 0 Å². The number of hydrogen-bond acceptors (Lipinski definition) is 4. The number of ether oxygens (including phenoxy) is 2. The molecule has 0 saturated heterocycles. The molecule has 18 heavy (non-hydrogen) atoms. The van der Waals surface area contributed by atoms with Crippen molar-refractivity contribution in [2.24, 2.45) is 10.8 Å². The predicted molar refractivity (Wildman–Crippen MR) is 76.2 cm³/mol. The van der Waals surface area contributed by atoms with Gasteiger partial charge in [-0.05, 0) is 36.0 Å². The summed E-state index contributed by atoms with van der Waals surface area (Å²) in [6.07, 6.45) is 3.24. The third-order valence-corrected chi connectivity index (χ3v) is 2.02. The summed E-state index contributed by atoms with van der Waals surface area (Å²) in [7, 11) is 1.58. The standard InChI is InChI=1S/C12H15N3O2S/c1-3-6-17-11-7-9(4-5-10(11)16-2)8-14-15-12(13)18/h3-5,7-8H,1,6H2,2H3,(H3,13,15,18). The lowest BCUT2D eigenvalue weighted by Gasteiger charge is -2.09. The van der Waals surface area contributed by atoms with Crippen LogP contribution in [0.2, 0.25) is 0 Å². The smallest absolute Gasteiger partial charge is 0.184 e. The Balaban J connectivity index is 2.84. The molecule has 5 nitrogen and oxygen atoms in total. The van der Waals surface area contributed by atoms with Crippen molar-refractivity contribution in [2.75, 3.05) is 13.7 Å². The zero-order valence-corrected chi connectivity index (χ0v) is 10.9. The van der Waals surface area contributed by atoms with E-state index in [-0.39, 0.29) is 5.11 Å². The molecule has 0 aromatic heterocycles. The Morgan fingerprint density at radius 2 is 2.33 bits per heavy atom. The molecule has 0 saturated carbocycles. The van der Waals surface area contributed by atoms with Crippen LogP contribution in [0.5, 0.6) is 11.5 Å². The quantitative estimate of drug-likeness (QED) is 0.352. The van der Waals surface area contributed by atoms with Crippen molar-refractivity contribution in [3.8, 4) is 11.5 Å². The molecule has 0 bridgehead atoms. The highest BCUT2D eigenvalue weighted by atomic mass is 32.1. The molecule has 0 aliphatic heterocycles. The second kappa shape index (κ2) is 7.29. The van der Waals surface area contributed by atoms with Gasteiger partial charge in [0.15, 0.2) is 16.6 Å². The van der Waals surface area contributed by atoms with Gasteiger partial charge in [0.2, 0.25) is 0 Å². The topological polar surface area (TPSA) is 68.9 Å². The molecule has 0 aliphatic carbocycles. The number of methoxy groups -OCH3 is 1. The Labute approximate surface area is 111 Å². The third kappa shape index (κ3) is 4.42. The lowest BCUT2D eigenvalue weighted by molar-refractivity contribution is 0.326. The Hall–Kier alpha value is -2.08. The number of benzene rings is 1. The van der Waals surface area contributed by atoms with Crippen molar-refractivity contribution in [3.05, 3.63) is 36.4 Å². The van der Waals surface area contributed by atoms with E-state index in [9.17, 15) is 0 Å². The number of rotatable bonds is 6. The lowest BCUT2D eigenvalue weighted by atomic mass is 10.2. The Morgan fingerprint density at radius 3 is 2.94 bits per heavy atom. The van der Waals surface area contributed by atoms with Crippen LogP contribution in [0.3, 0.4) is 0 Å². The Kier molecular flexibility index (Phi) is 5.66. The monoisotopic (exact) mass is 265 g/mol. The fraction of sp³-hybridized carbons (Fsp3) is 0.167. The summed E-state index contributed by atoms with van der Waals surface area (Å²) in [5, 5.41) is 3.97. The van der Waals surface area contributed by atoms with E-state index in [0.29, 0.717) is 18.1 Å². The molecule has 0 amide bonds. The maximum absolute atomic E-state index is 5.47. The molecule has 3 N–H and O–H groups in total. The van der Waals surface area contributed by atoms with Gasteiger partial charge in [-0.2, -0.15) is 5.10 Å². The summed E-state index contributed by atoms with van der Waals surface area (Å²) >= 11 is 4.63. The normalized spacial score (nSPS) is 10.1. The molecule has 0 fully saturated rings. The van der Waals surface area contributed by atoms with E-state index in [1.54, 1.807) is 31.5 Å². The largest absolute Gasteiger partial charge is 0.493 e. The first kappa shape index (κ1) is 14.0. The lowest BCUT2D eigenvalue weighted by Crippen LogP contribution is -2.23. The summed E-state index contributed by atoms with van der Waals surface area (Å²) in [6.45, 7) is 4.00. The number of hydrogen-bond donors (Lipinski definition) is 2. The Morgan fingerprint density at radius 1 is 1.56 bits per heavy atom. The first-order valence-corrected chi connectivity index (χ1v) is 5.58. The molecule has 6 heteroatoms. The highest BCUT2D eigenvalue weighted by Crippen LogP contribution is 2.27. The predicted octanol–water partition coefficient (Wildman–Crippen LogP) is 1.43. The molecule has 0 unspecified atom stereocenters. The number of hydrazone groups is 1. The second-order valence-corrected chi connectivity index (χ2v) is 3.68. The maximum Gasteiger partial charge on any atom is 0.184 e. The second-order valence-electron chi connectivity index (χ2n) is 3.24. The van der Waals surface area contributed by atoms with Crippen molar-refractivity contribution >= 4 is 23.5 Å². The molecule has 0 aliphatic rings. The minimum atomic E-state index is 0.114. The summed E-state index contributed by atoms with van der Waals surface area (Å²) in [5.41, 5.74) is 8.56. The number of nitrogens with one attached hydrogen (secondary N) is 1. The van der Waals surface area contributed by atoms with E-state index >= 15 is 0 Å². The molecule has 96 valence electrons. The van der Waals surface area contributed by atoms with Gasteiger partial charge in [-0.25, -0.2) is 0 Å². The van der Waals surface area contributed by atoms with Gasteiger partial charge in [0.1, 0.15) is 6.61 Å². The molecular weight excluding hydrogens is 250 g/mol. The number of nitrogens with zero attached hydrogens (tertiary/aromatic N) is 1. The van der Waals surface area contributed by atoms with Crippen LogP contribution in [-0.4, -0.2) is 25.0 Å². The molecule has 1 aromatic carbocycles. The van der Waals surface area contributed by atoms with E-state index in [1.165, 1.54) is 0 Å². The van der Waals surface area contributed by atoms with Crippen molar-refractivity contribution in [1.29, 1.82) is 0 Å². The molecule has 0 heterocycles. The minimum Gasteiger partial charge on any atom is -0.493 e. The zero-order chi connectivity index (χ0) is 13.4. The van der Waals surface area contributed by atoms with Gasteiger partial charge in [-0.3, -0.25) is 5.43 Å². The van der Waals surface area contributed by atoms with Gasteiger partial charge in [-0.1, -0.05) is 12.7 Å². The van der Waals surface area contributed by atoms with Crippen LogP contribution in [0, 0.1) is 0 Å². The average Bonchev–Trinajstić information content (AvgIpc) is 2.36. The van der Waals surface area contributed by atoms with Gasteiger partial charge in [0, 0.05) is 0 Å². The molecule has 1 rings (SSSR count). The fourth-order valence-corrected chi connectivity index (χ4v) is 1.26. The van der Waals surface area contributed by atoms with Crippen molar-refractivity contribution < 1.29 is 9.47 Å². The van der Waals surface area contributed by atoms with E-state index in [4.69, 9.17) is 15.2 Å². The summed E-state index contributed by atoms with van der Waals surface area (Å²) in [4.78, 5) is 0. The van der Waals surface area contributed by atoms with Gasteiger partial charge in [0.25, 0.3) is 0 Å². The third-order valence-electron chi connectivity index (χ3n) is 1.93. The first-order valence-electron chi connectivity index (χ1n) is 5.17. The first-order chi connectivity index (χ1) is 8.67. The van der Waals surface area contributed by atoms with Crippen LogP contribution in [-0.2, 0) is 0 Å². The highest BCUT2D eigenvalue weighted by Gasteiger charge is 2.04. The van der Waals surface area contributed by atoms with E-state index in [2.05, 4.69) is 29.3 Å². The van der Waals surface area contributed by atoms with E-state index in [0.717, 1.165) is 5.56 Å².